The van der Waals surface area contributed by atoms with Crippen LogP contribution in [0.1, 0.15) is 15.9 Å². The quantitative estimate of drug-likeness (QED) is 0.810. The van der Waals surface area contributed by atoms with E-state index < -0.39 is 12.0 Å². The number of ether oxygens (including phenoxy) is 2. The van der Waals surface area contributed by atoms with Crippen LogP contribution in [0.25, 0.3) is 0 Å². The summed E-state index contributed by atoms with van der Waals surface area (Å²) in [4.78, 5) is 28.1. The number of aromatic nitrogens is 1. The highest BCUT2D eigenvalue weighted by atomic mass is 35.5. The molecule has 0 aliphatic rings. The summed E-state index contributed by atoms with van der Waals surface area (Å²) >= 11 is 6.09. The predicted octanol–water partition coefficient (Wildman–Crippen LogP) is 2.26. The highest BCUT2D eigenvalue weighted by molar-refractivity contribution is 6.32. The zero-order chi connectivity index (χ0) is 17.5. The van der Waals surface area contributed by atoms with Crippen LogP contribution in [-0.4, -0.2) is 37.1 Å². The molecule has 24 heavy (non-hydrogen) atoms. The van der Waals surface area contributed by atoms with Gasteiger partial charge in [0.1, 0.15) is 11.8 Å². The Balaban J connectivity index is 2.15. The number of nitrogens with zero attached hydrogens (tertiary/aromatic N) is 1. The lowest BCUT2D eigenvalue weighted by Gasteiger charge is -2.17. The summed E-state index contributed by atoms with van der Waals surface area (Å²) < 4.78 is 9.87. The van der Waals surface area contributed by atoms with Crippen molar-refractivity contribution in [2.24, 2.45) is 0 Å². The van der Waals surface area contributed by atoms with E-state index in [0.29, 0.717) is 16.3 Å². The molecule has 7 heteroatoms. The van der Waals surface area contributed by atoms with Crippen LogP contribution < -0.4 is 10.1 Å². The lowest BCUT2D eigenvalue weighted by Crippen LogP contribution is -2.43. The normalized spacial score (nSPS) is 11.5. The second-order valence-corrected chi connectivity index (χ2v) is 5.37. The van der Waals surface area contributed by atoms with Gasteiger partial charge in [0.15, 0.2) is 0 Å². The molecular weight excluding hydrogens is 332 g/mol. The van der Waals surface area contributed by atoms with Gasteiger partial charge in [-0.25, -0.2) is 4.79 Å². The maximum absolute atomic E-state index is 12.2. The van der Waals surface area contributed by atoms with E-state index in [4.69, 9.17) is 21.1 Å². The van der Waals surface area contributed by atoms with Gasteiger partial charge in [0.05, 0.1) is 19.2 Å². The highest BCUT2D eigenvalue weighted by Crippen LogP contribution is 2.25. The minimum atomic E-state index is -0.833. The SMILES string of the molecule is COC(=O)[C@@H](Cc1ccc(OC)c(Cl)c1)NC(=O)c1ccncc1. The minimum Gasteiger partial charge on any atom is -0.495 e. The average molecular weight is 349 g/mol. The van der Waals surface area contributed by atoms with Crippen molar-refractivity contribution in [1.29, 1.82) is 0 Å². The lowest BCUT2D eigenvalue weighted by atomic mass is 10.1. The molecule has 6 nitrogen and oxygen atoms in total. The van der Waals surface area contributed by atoms with Crippen molar-refractivity contribution in [1.82, 2.24) is 10.3 Å². The van der Waals surface area contributed by atoms with Crippen molar-refractivity contribution >= 4 is 23.5 Å². The van der Waals surface area contributed by atoms with Crippen LogP contribution in [0.5, 0.6) is 5.75 Å². The van der Waals surface area contributed by atoms with Crippen molar-refractivity contribution in [3.8, 4) is 5.75 Å². The lowest BCUT2D eigenvalue weighted by molar-refractivity contribution is -0.142. The molecule has 0 unspecified atom stereocenters. The minimum absolute atomic E-state index is 0.243. The number of amides is 1. The van der Waals surface area contributed by atoms with E-state index in [1.54, 1.807) is 30.3 Å². The van der Waals surface area contributed by atoms with Gasteiger partial charge in [-0.1, -0.05) is 17.7 Å². The number of pyridine rings is 1. The topological polar surface area (TPSA) is 77.5 Å². The van der Waals surface area contributed by atoms with Gasteiger partial charge in [0.2, 0.25) is 0 Å². The van der Waals surface area contributed by atoms with Crippen LogP contribution in [0, 0.1) is 0 Å². The molecule has 0 radical (unpaired) electrons. The van der Waals surface area contributed by atoms with Crippen molar-refractivity contribution in [2.75, 3.05) is 14.2 Å². The van der Waals surface area contributed by atoms with Crippen LogP contribution >= 0.6 is 11.6 Å². The van der Waals surface area contributed by atoms with Gasteiger partial charge in [-0.3, -0.25) is 9.78 Å². The largest absolute Gasteiger partial charge is 0.495 e. The number of hydrogen-bond acceptors (Lipinski definition) is 5. The number of nitrogens with one attached hydrogen (secondary N) is 1. The Bertz CT molecular complexity index is 722. The summed E-state index contributed by atoms with van der Waals surface area (Å²) in [6, 6.07) is 7.47. The first-order valence-electron chi connectivity index (χ1n) is 7.16. The van der Waals surface area contributed by atoms with Gasteiger partial charge in [-0.2, -0.15) is 0 Å². The fraction of sp³-hybridized carbons (Fsp3) is 0.235. The average Bonchev–Trinajstić information content (AvgIpc) is 2.61. The summed E-state index contributed by atoms with van der Waals surface area (Å²) in [6.07, 6.45) is 3.25. The standard InChI is InChI=1S/C17H17ClN2O4/c1-23-15-4-3-11(9-13(15)18)10-14(17(22)24-2)20-16(21)12-5-7-19-8-6-12/h3-9,14H,10H2,1-2H3,(H,20,21)/t14-/m1/s1. The third-order valence-electron chi connectivity index (χ3n) is 3.39. The molecule has 1 atom stereocenters. The van der Waals surface area contributed by atoms with Gasteiger partial charge >= 0.3 is 5.97 Å². The molecule has 0 spiro atoms. The number of carbonyl (C=O) groups is 2. The van der Waals surface area contributed by atoms with Crippen LogP contribution in [-0.2, 0) is 16.0 Å². The predicted molar refractivity (Wildman–Crippen MR) is 89.2 cm³/mol. The fourth-order valence-electron chi connectivity index (χ4n) is 2.15. The number of halogens is 1. The molecule has 0 saturated carbocycles. The summed E-state index contributed by atoms with van der Waals surface area (Å²) in [6.45, 7) is 0. The summed E-state index contributed by atoms with van der Waals surface area (Å²) in [7, 11) is 2.79. The van der Waals surface area contributed by atoms with Gasteiger partial charge in [0, 0.05) is 24.4 Å². The Labute approximate surface area is 144 Å². The van der Waals surface area contributed by atoms with E-state index >= 15 is 0 Å². The molecule has 126 valence electrons. The first kappa shape index (κ1) is 17.7. The molecule has 1 amide bonds. The Kier molecular flexibility index (Phi) is 6.14. The van der Waals surface area contributed by atoms with Crippen LogP contribution in [0.3, 0.4) is 0 Å². The van der Waals surface area contributed by atoms with Crippen LogP contribution in [0.4, 0.5) is 0 Å². The van der Waals surface area contributed by atoms with Gasteiger partial charge in [-0.15, -0.1) is 0 Å². The number of carbonyl (C=O) groups excluding carboxylic acids is 2. The van der Waals surface area contributed by atoms with Gasteiger partial charge < -0.3 is 14.8 Å². The van der Waals surface area contributed by atoms with Crippen molar-refractivity contribution < 1.29 is 19.1 Å². The molecule has 0 fully saturated rings. The monoisotopic (exact) mass is 348 g/mol. The van der Waals surface area contributed by atoms with E-state index in [2.05, 4.69) is 10.3 Å². The van der Waals surface area contributed by atoms with Crippen molar-refractivity contribution in [3.63, 3.8) is 0 Å². The van der Waals surface area contributed by atoms with E-state index in [9.17, 15) is 9.59 Å². The Morgan fingerprint density at radius 1 is 1.21 bits per heavy atom. The fourth-order valence-corrected chi connectivity index (χ4v) is 2.43. The first-order valence-corrected chi connectivity index (χ1v) is 7.54. The second kappa shape index (κ2) is 8.31. The Morgan fingerprint density at radius 3 is 2.50 bits per heavy atom. The smallest absolute Gasteiger partial charge is 0.328 e. The highest BCUT2D eigenvalue weighted by Gasteiger charge is 2.23. The molecule has 2 aromatic rings. The summed E-state index contributed by atoms with van der Waals surface area (Å²) in [5.41, 5.74) is 1.18. The van der Waals surface area contributed by atoms with Gasteiger partial charge in [0.25, 0.3) is 5.91 Å². The number of hydrogen-bond donors (Lipinski definition) is 1. The molecule has 0 bridgehead atoms. The van der Waals surface area contributed by atoms with Crippen molar-refractivity contribution in [3.05, 3.63) is 58.9 Å². The van der Waals surface area contributed by atoms with Crippen LogP contribution in [0.2, 0.25) is 5.02 Å². The van der Waals surface area contributed by atoms with Crippen molar-refractivity contribution in [2.45, 2.75) is 12.5 Å². The van der Waals surface area contributed by atoms with E-state index in [0.717, 1.165) is 5.56 Å². The molecule has 0 aliphatic heterocycles. The van der Waals surface area contributed by atoms with Gasteiger partial charge in [-0.05, 0) is 29.8 Å². The van der Waals surface area contributed by atoms with Crippen LogP contribution in [0.15, 0.2) is 42.7 Å². The molecular formula is C17H17ClN2O4. The maximum atomic E-state index is 12.2. The first-order chi connectivity index (χ1) is 11.5. The third-order valence-corrected chi connectivity index (χ3v) is 3.68. The number of methoxy groups -OCH3 is 2. The van der Waals surface area contributed by atoms with E-state index in [1.807, 2.05) is 0 Å². The number of esters is 1. The molecule has 1 aromatic carbocycles. The molecule has 0 aliphatic carbocycles. The maximum Gasteiger partial charge on any atom is 0.328 e. The Hall–Kier alpha value is -2.60. The number of benzene rings is 1. The zero-order valence-electron chi connectivity index (χ0n) is 13.3. The Morgan fingerprint density at radius 2 is 1.92 bits per heavy atom. The molecule has 1 N–H and O–H groups in total. The van der Waals surface area contributed by atoms with E-state index in [1.165, 1.54) is 26.6 Å². The molecule has 0 saturated heterocycles. The molecule has 1 aromatic heterocycles. The molecule has 1 heterocycles. The molecule has 2 rings (SSSR count). The summed E-state index contributed by atoms with van der Waals surface area (Å²) in [5.74, 6) is -0.382. The van der Waals surface area contributed by atoms with E-state index in [-0.39, 0.29) is 12.3 Å². The number of rotatable bonds is 6. The zero-order valence-corrected chi connectivity index (χ0v) is 14.0. The summed E-state index contributed by atoms with van der Waals surface area (Å²) in [5, 5.41) is 3.09. The second-order valence-electron chi connectivity index (χ2n) is 4.96. The third kappa shape index (κ3) is 4.45.